The monoisotopic (exact) mass is 278 g/mol. The van der Waals surface area contributed by atoms with Gasteiger partial charge >= 0.3 is 0 Å². The summed E-state index contributed by atoms with van der Waals surface area (Å²) in [6.07, 6.45) is 2.83. The van der Waals surface area contributed by atoms with E-state index in [4.69, 9.17) is 0 Å². The Morgan fingerprint density at radius 3 is 2.25 bits per heavy atom. The topological polar surface area (TPSA) is 0 Å². The van der Waals surface area contributed by atoms with Gasteiger partial charge in [0.2, 0.25) is 0 Å². The molecular formula is C4H7IS3. The van der Waals surface area contributed by atoms with Crippen molar-refractivity contribution in [3.63, 3.8) is 0 Å². The molecule has 0 aromatic carbocycles. The molecule has 0 unspecified atom stereocenters. The van der Waals surface area contributed by atoms with E-state index >= 15 is 0 Å². The van der Waals surface area contributed by atoms with E-state index in [1.54, 1.807) is 0 Å². The van der Waals surface area contributed by atoms with Gasteiger partial charge in [-0.25, -0.2) is 0 Å². The van der Waals surface area contributed by atoms with Crippen LogP contribution in [0, 0.1) is 0 Å². The summed E-state index contributed by atoms with van der Waals surface area (Å²) in [5.74, 6) is 0. The van der Waals surface area contributed by atoms with E-state index in [1.807, 2.05) is 0 Å². The molecular weight excluding hydrogens is 271 g/mol. The Bertz CT molecular complexity index is 129. The fourth-order valence-electron chi connectivity index (χ4n) is 0.810. The third kappa shape index (κ3) is 0.689. The molecule has 0 aromatic rings. The lowest BCUT2D eigenvalue weighted by Crippen LogP contribution is -1.82. The Labute approximate surface area is 70.6 Å². The van der Waals surface area contributed by atoms with Crippen LogP contribution in [-0.4, -0.2) is 3.41 Å². The molecule has 0 amide bonds. The summed E-state index contributed by atoms with van der Waals surface area (Å²) in [5.41, 5.74) is 0. The highest BCUT2D eigenvalue weighted by Crippen LogP contribution is 3.23. The van der Waals surface area contributed by atoms with Crippen molar-refractivity contribution >= 4 is 48.1 Å². The van der Waals surface area contributed by atoms with Gasteiger partial charge in [0.05, 0.1) is 0 Å². The van der Waals surface area contributed by atoms with E-state index in [0.717, 1.165) is 3.41 Å². The van der Waals surface area contributed by atoms with Crippen molar-refractivity contribution in [3.05, 3.63) is 0 Å². The van der Waals surface area contributed by atoms with Gasteiger partial charge in [0.25, 0.3) is 0 Å². The van der Waals surface area contributed by atoms with Gasteiger partial charge in [-0.15, -0.1) is 0 Å². The summed E-state index contributed by atoms with van der Waals surface area (Å²) >= 11 is 2.65. The van der Waals surface area contributed by atoms with Gasteiger partial charge in [-0.05, 0) is 27.6 Å². The molecule has 0 nitrogen and oxygen atoms in total. The lowest BCUT2D eigenvalue weighted by Gasteiger charge is -1.89. The van der Waals surface area contributed by atoms with Crippen LogP contribution in [0.2, 0.25) is 0 Å². The minimum atomic E-state index is -0.0704. The zero-order valence-corrected chi connectivity index (χ0v) is 9.12. The first-order valence-electron chi connectivity index (χ1n) is 2.66. The van der Waals surface area contributed by atoms with Crippen LogP contribution in [0.4, 0.5) is 0 Å². The van der Waals surface area contributed by atoms with Crippen molar-refractivity contribution in [2.24, 2.45) is 0 Å². The van der Waals surface area contributed by atoms with Crippen LogP contribution in [-0.2, 0) is 0 Å². The van der Waals surface area contributed by atoms with Crippen molar-refractivity contribution in [1.29, 1.82) is 0 Å². The Morgan fingerprint density at radius 2 is 2.12 bits per heavy atom. The van der Waals surface area contributed by atoms with Gasteiger partial charge in [-0.2, -0.15) is 0 Å². The molecule has 0 aliphatic carbocycles. The zero-order valence-electron chi connectivity index (χ0n) is 4.52. The Balaban J connectivity index is 1.94. The second kappa shape index (κ2) is 1.68. The number of hydrogen-bond acceptors (Lipinski definition) is 2. The highest BCUT2D eigenvalue weighted by Gasteiger charge is 2.82. The van der Waals surface area contributed by atoms with E-state index in [1.165, 1.54) is 12.8 Å². The normalized spacial score (nSPS) is 65.8. The first kappa shape index (κ1) is 6.49. The van der Waals surface area contributed by atoms with Crippen LogP contribution in [0.1, 0.15) is 19.8 Å². The summed E-state index contributed by atoms with van der Waals surface area (Å²) in [6.45, 7) is 2.28. The van der Waals surface area contributed by atoms with E-state index in [0.29, 0.717) is 0 Å². The van der Waals surface area contributed by atoms with Gasteiger partial charge in [0.1, 0.15) is 3.41 Å². The summed E-state index contributed by atoms with van der Waals surface area (Å²) in [4.78, 5) is 0. The number of hydrogen-bond donors (Lipinski definition) is 0. The lowest BCUT2D eigenvalue weighted by atomic mass is 10.4. The standard InChI is InChI=1S/C4H7IS3/c1-2-3-4-6-8(4,5)7-4/h2-3H2,1H3. The van der Waals surface area contributed by atoms with E-state index in [-0.39, 0.29) is 5.26 Å². The fourth-order valence-corrected chi connectivity index (χ4v) is 21.1. The van der Waals surface area contributed by atoms with Crippen molar-refractivity contribution < 1.29 is 0 Å². The minimum Gasteiger partial charge on any atom is -0.0653 e. The third-order valence-corrected chi connectivity index (χ3v) is 19.0. The molecule has 4 heteroatoms. The van der Waals surface area contributed by atoms with Gasteiger partial charge in [-0.3, -0.25) is 0 Å². The molecule has 0 N–H and O–H groups in total. The second-order valence-corrected chi connectivity index (χ2v) is 18.3. The van der Waals surface area contributed by atoms with Crippen LogP contribution in [0.15, 0.2) is 0 Å². The average Bonchev–Trinajstić information content (AvgIpc) is 2.25. The molecule has 0 aromatic heterocycles. The first-order chi connectivity index (χ1) is 3.72. The van der Waals surface area contributed by atoms with Crippen LogP contribution in [0.3, 0.4) is 0 Å². The molecule has 0 radical (unpaired) electrons. The van der Waals surface area contributed by atoms with E-state index < -0.39 is 0 Å². The smallest absolute Gasteiger partial charge is 0.0653 e. The van der Waals surface area contributed by atoms with Gasteiger partial charge in [-0.1, -0.05) is 40.2 Å². The highest BCUT2D eigenvalue weighted by molar-refractivity contribution is 14.2. The number of fused-ring (bicyclic) bond motifs is 1. The molecule has 2 saturated heterocycles. The van der Waals surface area contributed by atoms with Gasteiger partial charge in [0, 0.05) is 0 Å². The molecule has 2 rings (SSSR count). The summed E-state index contributed by atoms with van der Waals surface area (Å²) in [7, 11) is 4.46. The molecule has 0 saturated carbocycles. The molecule has 2 aliphatic heterocycles. The van der Waals surface area contributed by atoms with Crippen LogP contribution in [0.5, 0.6) is 0 Å². The van der Waals surface area contributed by atoms with E-state index in [2.05, 4.69) is 49.7 Å². The molecule has 2 heterocycles. The van der Waals surface area contributed by atoms with Gasteiger partial charge < -0.3 is 0 Å². The van der Waals surface area contributed by atoms with Crippen LogP contribution >= 0.6 is 48.1 Å². The second-order valence-electron chi connectivity index (χ2n) is 2.04. The van der Waals surface area contributed by atoms with Gasteiger partial charge in [0.15, 0.2) is 0 Å². The summed E-state index contributed by atoms with van der Waals surface area (Å²) in [5, 5.41) is -0.0704. The average molecular weight is 278 g/mol. The predicted octanol–water partition coefficient (Wildman–Crippen LogP) is 3.92. The third-order valence-electron chi connectivity index (χ3n) is 1.34. The molecule has 2 aliphatic rings. The summed E-state index contributed by atoms with van der Waals surface area (Å²) < 4.78 is 0.808. The molecule has 0 bridgehead atoms. The van der Waals surface area contributed by atoms with Crippen LogP contribution in [0.25, 0.3) is 0 Å². The quantitative estimate of drug-likeness (QED) is 0.426. The number of rotatable bonds is 2. The molecule has 48 valence electrons. The Hall–Kier alpha value is 1.78. The van der Waals surface area contributed by atoms with Crippen molar-refractivity contribution in [2.45, 2.75) is 23.2 Å². The Kier molecular flexibility index (Phi) is 1.36. The maximum absolute atomic E-state index is 2.65. The van der Waals surface area contributed by atoms with Crippen molar-refractivity contribution in [3.8, 4) is 0 Å². The van der Waals surface area contributed by atoms with Crippen molar-refractivity contribution in [2.75, 3.05) is 0 Å². The largest absolute Gasteiger partial charge is 0.136 e. The maximum atomic E-state index is 2.65. The maximum Gasteiger partial charge on any atom is 0.136 e. The van der Waals surface area contributed by atoms with Crippen molar-refractivity contribution in [1.82, 2.24) is 0 Å². The molecule has 2 fully saturated rings. The highest BCUT2D eigenvalue weighted by atomic mass is 127. The van der Waals surface area contributed by atoms with E-state index in [9.17, 15) is 0 Å². The predicted molar refractivity (Wildman–Crippen MR) is 54.4 cm³/mol. The fraction of sp³-hybridized carbons (Fsp3) is 1.00. The number of halogens is 1. The first-order valence-corrected chi connectivity index (χ1v) is 9.50. The molecule has 0 atom stereocenters. The van der Waals surface area contributed by atoms with Crippen LogP contribution < -0.4 is 0 Å². The zero-order chi connectivity index (χ0) is 5.83. The molecule has 8 heavy (non-hydrogen) atoms. The SMILES string of the molecule is CCCC12SS1(I)S2. The minimum absolute atomic E-state index is 0.0704. The summed E-state index contributed by atoms with van der Waals surface area (Å²) in [6, 6.07) is 0. The molecule has 0 spiro atoms. The Morgan fingerprint density at radius 1 is 1.62 bits per heavy atom. The lowest BCUT2D eigenvalue weighted by molar-refractivity contribution is 0.864.